The van der Waals surface area contributed by atoms with Crippen molar-refractivity contribution in [3.05, 3.63) is 35.4 Å². The van der Waals surface area contributed by atoms with Crippen molar-refractivity contribution in [1.82, 2.24) is 10.6 Å². The summed E-state index contributed by atoms with van der Waals surface area (Å²) in [6, 6.07) is 7.57. The minimum Gasteiger partial charge on any atom is -0.392 e. The molecule has 100 valence electrons. The lowest BCUT2D eigenvalue weighted by atomic mass is 10.1. The highest BCUT2D eigenvalue weighted by molar-refractivity contribution is 5.85. The molecule has 1 amide bonds. The minimum absolute atomic E-state index is 0. The smallest absolute Gasteiger partial charge is 0.237 e. The molecule has 1 aliphatic heterocycles. The lowest BCUT2D eigenvalue weighted by Gasteiger charge is -2.11. The van der Waals surface area contributed by atoms with Gasteiger partial charge in [0.15, 0.2) is 0 Å². The van der Waals surface area contributed by atoms with Crippen LogP contribution >= 0.6 is 12.4 Å². The first-order valence-corrected chi connectivity index (χ1v) is 5.99. The average Bonchev–Trinajstić information content (AvgIpc) is 2.90. The van der Waals surface area contributed by atoms with Crippen molar-refractivity contribution in [3.8, 4) is 0 Å². The van der Waals surface area contributed by atoms with Gasteiger partial charge in [-0.1, -0.05) is 24.3 Å². The highest BCUT2D eigenvalue weighted by atomic mass is 35.5. The number of carbonyl (C=O) groups excluding carboxylic acids is 1. The highest BCUT2D eigenvalue weighted by Crippen LogP contribution is 2.07. The Morgan fingerprint density at radius 3 is 2.89 bits per heavy atom. The molecule has 1 aromatic carbocycles. The van der Waals surface area contributed by atoms with Gasteiger partial charge in [-0.25, -0.2) is 0 Å². The van der Waals surface area contributed by atoms with E-state index in [2.05, 4.69) is 10.6 Å². The van der Waals surface area contributed by atoms with Crippen LogP contribution in [-0.2, 0) is 17.9 Å². The van der Waals surface area contributed by atoms with Crippen molar-refractivity contribution in [2.75, 3.05) is 6.54 Å². The molecule has 0 aromatic heterocycles. The lowest BCUT2D eigenvalue weighted by Crippen LogP contribution is -2.39. The van der Waals surface area contributed by atoms with E-state index < -0.39 is 0 Å². The maximum atomic E-state index is 11.8. The molecule has 4 nitrogen and oxygen atoms in total. The number of carbonyl (C=O) groups is 1. The number of nitrogens with one attached hydrogen (secondary N) is 2. The van der Waals surface area contributed by atoms with Gasteiger partial charge in [-0.15, -0.1) is 12.4 Å². The predicted molar refractivity (Wildman–Crippen MR) is 72.5 cm³/mol. The molecular weight excluding hydrogens is 252 g/mol. The molecule has 1 saturated heterocycles. The van der Waals surface area contributed by atoms with E-state index in [0.717, 1.165) is 30.5 Å². The third-order valence-electron chi connectivity index (χ3n) is 3.02. The summed E-state index contributed by atoms with van der Waals surface area (Å²) in [6.45, 7) is 1.48. The zero-order valence-corrected chi connectivity index (χ0v) is 11.0. The topological polar surface area (TPSA) is 61.4 Å². The van der Waals surface area contributed by atoms with Crippen molar-refractivity contribution in [2.24, 2.45) is 0 Å². The Morgan fingerprint density at radius 2 is 2.22 bits per heavy atom. The Hall–Kier alpha value is -1.10. The summed E-state index contributed by atoms with van der Waals surface area (Å²) in [5, 5.41) is 15.1. The first kappa shape index (κ1) is 15.0. The van der Waals surface area contributed by atoms with Crippen LogP contribution in [0.15, 0.2) is 24.3 Å². The summed E-state index contributed by atoms with van der Waals surface area (Å²) in [5.74, 6) is 0.0666. The zero-order valence-electron chi connectivity index (χ0n) is 10.2. The van der Waals surface area contributed by atoms with Crippen LogP contribution in [0.4, 0.5) is 0 Å². The summed E-state index contributed by atoms with van der Waals surface area (Å²) in [5.41, 5.74) is 1.89. The van der Waals surface area contributed by atoms with Gasteiger partial charge in [-0.05, 0) is 30.5 Å². The Balaban J connectivity index is 0.00000162. The van der Waals surface area contributed by atoms with E-state index in [-0.39, 0.29) is 31.0 Å². The second-order valence-electron chi connectivity index (χ2n) is 4.34. The van der Waals surface area contributed by atoms with Crippen LogP contribution in [0.25, 0.3) is 0 Å². The van der Waals surface area contributed by atoms with Crippen molar-refractivity contribution >= 4 is 18.3 Å². The quantitative estimate of drug-likeness (QED) is 0.764. The fourth-order valence-corrected chi connectivity index (χ4v) is 2.06. The molecule has 1 fully saturated rings. The van der Waals surface area contributed by atoms with Crippen LogP contribution < -0.4 is 10.6 Å². The third kappa shape index (κ3) is 3.98. The number of hydrogen-bond donors (Lipinski definition) is 3. The van der Waals surface area contributed by atoms with Gasteiger partial charge in [0.25, 0.3) is 0 Å². The second kappa shape index (κ2) is 7.36. The van der Waals surface area contributed by atoms with Crippen LogP contribution in [0.5, 0.6) is 0 Å². The third-order valence-corrected chi connectivity index (χ3v) is 3.02. The summed E-state index contributed by atoms with van der Waals surface area (Å²) < 4.78 is 0. The van der Waals surface area contributed by atoms with Crippen LogP contribution in [0.3, 0.4) is 0 Å². The number of benzene rings is 1. The summed E-state index contributed by atoms with van der Waals surface area (Å²) in [4.78, 5) is 11.8. The highest BCUT2D eigenvalue weighted by Gasteiger charge is 2.21. The van der Waals surface area contributed by atoms with Crippen LogP contribution in [-0.4, -0.2) is 23.6 Å². The van der Waals surface area contributed by atoms with Gasteiger partial charge < -0.3 is 15.7 Å². The van der Waals surface area contributed by atoms with Crippen molar-refractivity contribution in [3.63, 3.8) is 0 Å². The predicted octanol–water partition coefficient (Wildman–Crippen LogP) is 0.969. The first-order chi connectivity index (χ1) is 8.29. The minimum atomic E-state index is -0.0315. The van der Waals surface area contributed by atoms with Gasteiger partial charge in [0, 0.05) is 6.54 Å². The maximum absolute atomic E-state index is 11.8. The molecule has 1 unspecified atom stereocenters. The molecule has 1 heterocycles. The number of hydrogen-bond acceptors (Lipinski definition) is 3. The van der Waals surface area contributed by atoms with Gasteiger partial charge >= 0.3 is 0 Å². The second-order valence-corrected chi connectivity index (χ2v) is 4.34. The van der Waals surface area contributed by atoms with E-state index >= 15 is 0 Å². The van der Waals surface area contributed by atoms with Crippen LogP contribution in [0.1, 0.15) is 24.0 Å². The first-order valence-electron chi connectivity index (χ1n) is 5.99. The SMILES string of the molecule is Cl.O=C(NCc1cccc(CO)c1)C1CCCN1. The molecular formula is C13H19ClN2O2. The van der Waals surface area contributed by atoms with Crippen molar-refractivity contribution < 1.29 is 9.90 Å². The van der Waals surface area contributed by atoms with Gasteiger partial charge in [0.2, 0.25) is 5.91 Å². The molecule has 2 rings (SSSR count). The number of rotatable bonds is 4. The maximum Gasteiger partial charge on any atom is 0.237 e. The average molecular weight is 271 g/mol. The molecule has 1 atom stereocenters. The normalized spacial score (nSPS) is 18.2. The molecule has 0 radical (unpaired) electrons. The number of halogens is 1. The van der Waals surface area contributed by atoms with Gasteiger partial charge in [-0.2, -0.15) is 0 Å². The van der Waals surface area contributed by atoms with E-state index in [0.29, 0.717) is 6.54 Å². The monoisotopic (exact) mass is 270 g/mol. The van der Waals surface area contributed by atoms with E-state index in [4.69, 9.17) is 5.11 Å². The standard InChI is InChI=1S/C13H18N2O2.ClH/c16-9-11-4-1-3-10(7-11)8-15-13(17)12-5-2-6-14-12;/h1,3-4,7,12,14,16H,2,5-6,8-9H2,(H,15,17);1H. The fourth-order valence-electron chi connectivity index (χ4n) is 2.06. The van der Waals surface area contributed by atoms with Crippen LogP contribution in [0, 0.1) is 0 Å². The van der Waals surface area contributed by atoms with Gasteiger partial charge in [0.05, 0.1) is 12.6 Å². The van der Waals surface area contributed by atoms with E-state index in [1.807, 2.05) is 24.3 Å². The van der Waals surface area contributed by atoms with Gasteiger partial charge in [0.1, 0.15) is 0 Å². The largest absolute Gasteiger partial charge is 0.392 e. The summed E-state index contributed by atoms with van der Waals surface area (Å²) >= 11 is 0. The van der Waals surface area contributed by atoms with E-state index in [1.165, 1.54) is 0 Å². The van der Waals surface area contributed by atoms with E-state index in [1.54, 1.807) is 0 Å². The lowest BCUT2D eigenvalue weighted by molar-refractivity contribution is -0.122. The van der Waals surface area contributed by atoms with Crippen molar-refractivity contribution in [2.45, 2.75) is 32.0 Å². The van der Waals surface area contributed by atoms with Crippen LogP contribution in [0.2, 0.25) is 0 Å². The molecule has 1 aliphatic rings. The zero-order chi connectivity index (χ0) is 12.1. The Labute approximate surface area is 113 Å². The van der Waals surface area contributed by atoms with E-state index in [9.17, 15) is 4.79 Å². The number of amides is 1. The molecule has 0 saturated carbocycles. The molecule has 1 aromatic rings. The summed E-state index contributed by atoms with van der Waals surface area (Å²) in [7, 11) is 0. The molecule has 0 bridgehead atoms. The van der Waals surface area contributed by atoms with Gasteiger partial charge in [-0.3, -0.25) is 4.79 Å². The fraction of sp³-hybridized carbons (Fsp3) is 0.462. The Kier molecular flexibility index (Phi) is 6.12. The molecule has 18 heavy (non-hydrogen) atoms. The number of aliphatic hydroxyl groups excluding tert-OH is 1. The molecule has 5 heteroatoms. The van der Waals surface area contributed by atoms with Crippen molar-refractivity contribution in [1.29, 1.82) is 0 Å². The molecule has 0 spiro atoms. The Bertz CT molecular complexity index is 392. The number of aliphatic hydroxyl groups is 1. The molecule has 3 N–H and O–H groups in total. The summed E-state index contributed by atoms with van der Waals surface area (Å²) in [6.07, 6.45) is 1.99. The molecule has 0 aliphatic carbocycles. The Morgan fingerprint density at radius 1 is 1.44 bits per heavy atom.